The van der Waals surface area contributed by atoms with Crippen molar-refractivity contribution in [2.24, 2.45) is 5.92 Å². The highest BCUT2D eigenvalue weighted by Gasteiger charge is 2.38. The number of rotatable bonds is 2. The largest absolute Gasteiger partial charge is 0.342 e. The van der Waals surface area contributed by atoms with Gasteiger partial charge in [-0.1, -0.05) is 0 Å². The molecule has 2 saturated heterocycles. The lowest BCUT2D eigenvalue weighted by Gasteiger charge is -2.39. The van der Waals surface area contributed by atoms with Gasteiger partial charge in [0.05, 0.1) is 12.1 Å². The maximum atomic E-state index is 12.1. The second-order valence-electron chi connectivity index (χ2n) is 5.03. The van der Waals surface area contributed by atoms with Gasteiger partial charge in [-0.05, 0) is 12.8 Å². The van der Waals surface area contributed by atoms with Crippen LogP contribution in [-0.4, -0.2) is 57.8 Å². The second-order valence-corrected chi connectivity index (χ2v) is 5.03. The summed E-state index contributed by atoms with van der Waals surface area (Å²) >= 11 is 0. The highest BCUT2D eigenvalue weighted by Crippen LogP contribution is 2.22. The Morgan fingerprint density at radius 3 is 2.47 bits per heavy atom. The van der Waals surface area contributed by atoms with Gasteiger partial charge in [-0.25, -0.2) is 4.98 Å². The third-order valence-corrected chi connectivity index (χ3v) is 3.72. The van der Waals surface area contributed by atoms with Gasteiger partial charge in [0.15, 0.2) is 0 Å². The molecule has 1 aromatic heterocycles. The molecular weight excluding hydrogens is 244 g/mol. The molecule has 0 radical (unpaired) electrons. The molecular formula is C13H16N4O2. The molecule has 0 spiro atoms. The van der Waals surface area contributed by atoms with Crippen LogP contribution in [0.1, 0.15) is 23.3 Å². The zero-order valence-electron chi connectivity index (χ0n) is 10.7. The quantitative estimate of drug-likeness (QED) is 0.760. The summed E-state index contributed by atoms with van der Waals surface area (Å²) in [7, 11) is 0. The highest BCUT2D eigenvalue weighted by atomic mass is 16.2. The van der Waals surface area contributed by atoms with Gasteiger partial charge in [-0.2, -0.15) is 0 Å². The summed E-state index contributed by atoms with van der Waals surface area (Å²) in [6.07, 6.45) is 6.69. The zero-order chi connectivity index (χ0) is 13.2. The van der Waals surface area contributed by atoms with Gasteiger partial charge < -0.3 is 9.80 Å². The van der Waals surface area contributed by atoms with Crippen LogP contribution in [0.25, 0.3) is 0 Å². The summed E-state index contributed by atoms with van der Waals surface area (Å²) in [5, 5.41) is 0. The molecule has 0 bridgehead atoms. The Morgan fingerprint density at radius 1 is 1.11 bits per heavy atom. The maximum Gasteiger partial charge on any atom is 0.274 e. The van der Waals surface area contributed by atoms with Gasteiger partial charge in [0.25, 0.3) is 5.91 Å². The van der Waals surface area contributed by atoms with E-state index >= 15 is 0 Å². The van der Waals surface area contributed by atoms with Gasteiger partial charge in [-0.15, -0.1) is 0 Å². The predicted molar refractivity (Wildman–Crippen MR) is 67.2 cm³/mol. The average Bonchev–Trinajstić information content (AvgIpc) is 2.91. The Labute approximate surface area is 111 Å². The first-order chi connectivity index (χ1) is 9.25. The van der Waals surface area contributed by atoms with Gasteiger partial charge in [0.1, 0.15) is 5.69 Å². The number of likely N-dealkylation sites (tertiary alicyclic amines) is 2. The fraction of sp³-hybridized carbons (Fsp3) is 0.538. The molecule has 6 nitrogen and oxygen atoms in total. The lowest BCUT2D eigenvalue weighted by atomic mass is 9.98. The fourth-order valence-corrected chi connectivity index (χ4v) is 2.57. The number of hydrogen-bond acceptors (Lipinski definition) is 4. The molecule has 100 valence electrons. The van der Waals surface area contributed by atoms with Crippen molar-refractivity contribution in [1.82, 2.24) is 19.8 Å². The lowest BCUT2D eigenvalue weighted by molar-refractivity contribution is -0.138. The van der Waals surface area contributed by atoms with Crippen molar-refractivity contribution < 1.29 is 9.59 Å². The third kappa shape index (κ3) is 2.30. The monoisotopic (exact) mass is 260 g/mol. The van der Waals surface area contributed by atoms with Crippen LogP contribution in [0.4, 0.5) is 0 Å². The molecule has 3 rings (SSSR count). The number of nitrogens with zero attached hydrogens (tertiary/aromatic N) is 4. The van der Waals surface area contributed by atoms with Gasteiger partial charge >= 0.3 is 0 Å². The molecule has 2 amide bonds. The smallest absolute Gasteiger partial charge is 0.274 e. The van der Waals surface area contributed by atoms with Crippen molar-refractivity contribution in [1.29, 1.82) is 0 Å². The predicted octanol–water partition coefficient (Wildman–Crippen LogP) is 0.171. The van der Waals surface area contributed by atoms with E-state index in [1.165, 1.54) is 18.6 Å². The molecule has 19 heavy (non-hydrogen) atoms. The van der Waals surface area contributed by atoms with Crippen LogP contribution >= 0.6 is 0 Å². The third-order valence-electron chi connectivity index (χ3n) is 3.72. The van der Waals surface area contributed by atoms with E-state index in [4.69, 9.17) is 0 Å². The average molecular weight is 260 g/mol. The Bertz CT molecular complexity index is 479. The Morgan fingerprint density at radius 2 is 1.84 bits per heavy atom. The van der Waals surface area contributed by atoms with E-state index in [1.54, 1.807) is 4.90 Å². The topological polar surface area (TPSA) is 66.4 Å². The van der Waals surface area contributed by atoms with Crippen molar-refractivity contribution in [2.45, 2.75) is 12.8 Å². The van der Waals surface area contributed by atoms with Crippen molar-refractivity contribution in [2.75, 3.05) is 26.2 Å². The summed E-state index contributed by atoms with van der Waals surface area (Å²) in [5.41, 5.74) is 0.342. The first-order valence-corrected chi connectivity index (χ1v) is 6.60. The van der Waals surface area contributed by atoms with Crippen LogP contribution < -0.4 is 0 Å². The van der Waals surface area contributed by atoms with E-state index in [0.29, 0.717) is 18.8 Å². The maximum absolute atomic E-state index is 12.1. The molecule has 0 saturated carbocycles. The number of amides is 2. The normalized spacial score (nSPS) is 19.4. The van der Waals surface area contributed by atoms with E-state index in [-0.39, 0.29) is 17.7 Å². The molecule has 2 aliphatic rings. The molecule has 0 aromatic carbocycles. The van der Waals surface area contributed by atoms with E-state index in [1.807, 2.05) is 4.90 Å². The SMILES string of the molecule is O=C(c1cnccn1)N1CC(C(=O)N2CCCC2)C1. The molecule has 1 aromatic rings. The summed E-state index contributed by atoms with van der Waals surface area (Å²) in [5.74, 6) is 0.0259. The van der Waals surface area contributed by atoms with Crippen molar-refractivity contribution in [3.63, 3.8) is 0 Å². The number of carbonyl (C=O) groups excluding carboxylic acids is 2. The minimum Gasteiger partial charge on any atom is -0.342 e. The zero-order valence-corrected chi connectivity index (χ0v) is 10.7. The Balaban J connectivity index is 1.55. The molecule has 3 heterocycles. The van der Waals surface area contributed by atoms with Crippen molar-refractivity contribution >= 4 is 11.8 Å². The van der Waals surface area contributed by atoms with E-state index in [2.05, 4.69) is 9.97 Å². The number of carbonyl (C=O) groups is 2. The fourth-order valence-electron chi connectivity index (χ4n) is 2.57. The molecule has 0 atom stereocenters. The molecule has 0 unspecified atom stereocenters. The van der Waals surface area contributed by atoms with Crippen LogP contribution in [0.3, 0.4) is 0 Å². The van der Waals surface area contributed by atoms with E-state index < -0.39 is 0 Å². The summed E-state index contributed by atoms with van der Waals surface area (Å²) < 4.78 is 0. The summed E-state index contributed by atoms with van der Waals surface area (Å²) in [4.78, 5) is 35.5. The first kappa shape index (κ1) is 12.1. The van der Waals surface area contributed by atoms with Crippen LogP contribution in [0.2, 0.25) is 0 Å². The van der Waals surface area contributed by atoms with Gasteiger partial charge in [-0.3, -0.25) is 14.6 Å². The Hall–Kier alpha value is -1.98. The molecule has 6 heteroatoms. The van der Waals surface area contributed by atoms with Crippen molar-refractivity contribution in [3.8, 4) is 0 Å². The van der Waals surface area contributed by atoms with Crippen LogP contribution in [0.5, 0.6) is 0 Å². The van der Waals surface area contributed by atoms with E-state index in [0.717, 1.165) is 25.9 Å². The summed E-state index contributed by atoms with van der Waals surface area (Å²) in [6, 6.07) is 0. The van der Waals surface area contributed by atoms with Crippen LogP contribution in [-0.2, 0) is 4.79 Å². The number of hydrogen-bond donors (Lipinski definition) is 0. The minimum absolute atomic E-state index is 0.0290. The van der Waals surface area contributed by atoms with Crippen molar-refractivity contribution in [3.05, 3.63) is 24.3 Å². The van der Waals surface area contributed by atoms with Crippen LogP contribution in [0.15, 0.2) is 18.6 Å². The highest BCUT2D eigenvalue weighted by molar-refractivity contribution is 5.94. The van der Waals surface area contributed by atoms with Gasteiger partial charge in [0.2, 0.25) is 5.91 Å². The van der Waals surface area contributed by atoms with Gasteiger partial charge in [0, 0.05) is 38.6 Å². The minimum atomic E-state index is -0.140. The standard InChI is InChI=1S/C13H16N4O2/c18-12(16-5-1-2-6-16)10-8-17(9-10)13(19)11-7-14-3-4-15-11/h3-4,7,10H,1-2,5-6,8-9H2. The summed E-state index contributed by atoms with van der Waals surface area (Å²) in [6.45, 7) is 2.75. The lowest BCUT2D eigenvalue weighted by Crippen LogP contribution is -2.56. The number of aromatic nitrogens is 2. The van der Waals surface area contributed by atoms with E-state index in [9.17, 15) is 9.59 Å². The first-order valence-electron chi connectivity index (χ1n) is 6.60. The van der Waals surface area contributed by atoms with Crippen LogP contribution in [0, 0.1) is 5.92 Å². The molecule has 2 fully saturated rings. The second kappa shape index (κ2) is 4.95. The molecule has 0 aliphatic carbocycles. The Kier molecular flexibility index (Phi) is 3.15. The molecule has 2 aliphatic heterocycles. The molecule has 0 N–H and O–H groups in total.